The summed E-state index contributed by atoms with van der Waals surface area (Å²) in [6.45, 7) is 4.17. The van der Waals surface area contributed by atoms with E-state index in [1.807, 2.05) is 6.26 Å². The van der Waals surface area contributed by atoms with Crippen LogP contribution >= 0.6 is 0 Å². The Labute approximate surface area is 107 Å². The van der Waals surface area contributed by atoms with Crippen LogP contribution in [0.2, 0.25) is 0 Å². The number of benzene rings is 1. The van der Waals surface area contributed by atoms with Gasteiger partial charge < -0.3 is 4.42 Å². The molecule has 0 atom stereocenters. The molecule has 1 nitrogen and oxygen atoms in total. The van der Waals surface area contributed by atoms with Crippen LogP contribution < -0.4 is 0 Å². The highest BCUT2D eigenvalue weighted by molar-refractivity contribution is 5.70. The van der Waals surface area contributed by atoms with Crippen molar-refractivity contribution in [2.45, 2.75) is 20.3 Å². The predicted molar refractivity (Wildman–Crippen MR) is 74.1 cm³/mol. The quantitative estimate of drug-likeness (QED) is 0.634. The molecule has 3 rings (SSSR count). The van der Waals surface area contributed by atoms with Crippen molar-refractivity contribution in [3.05, 3.63) is 71.0 Å². The van der Waals surface area contributed by atoms with E-state index in [4.69, 9.17) is 4.42 Å². The van der Waals surface area contributed by atoms with Gasteiger partial charge in [-0.1, -0.05) is 36.4 Å². The van der Waals surface area contributed by atoms with Gasteiger partial charge in [-0.05, 0) is 48.6 Å². The smallest absolute Gasteiger partial charge is 0.136 e. The van der Waals surface area contributed by atoms with Crippen molar-refractivity contribution < 1.29 is 4.42 Å². The van der Waals surface area contributed by atoms with E-state index in [2.05, 4.69) is 56.3 Å². The van der Waals surface area contributed by atoms with Crippen LogP contribution in [0.1, 0.15) is 22.3 Å². The monoisotopic (exact) mass is 236 g/mol. The first-order valence-corrected chi connectivity index (χ1v) is 6.25. The van der Waals surface area contributed by atoms with E-state index in [1.165, 1.54) is 27.8 Å². The zero-order chi connectivity index (χ0) is 12.5. The molecule has 0 fully saturated rings. The predicted octanol–water partition coefficient (Wildman–Crippen LogP) is 4.59. The van der Waals surface area contributed by atoms with Crippen molar-refractivity contribution in [1.82, 2.24) is 0 Å². The van der Waals surface area contributed by atoms with Gasteiger partial charge in [0.05, 0.1) is 6.26 Å². The third-order valence-corrected chi connectivity index (χ3v) is 3.31. The number of hydrogen-bond acceptors (Lipinski definition) is 1. The summed E-state index contributed by atoms with van der Waals surface area (Å²) >= 11 is 0. The molecule has 1 aliphatic heterocycles. The van der Waals surface area contributed by atoms with Gasteiger partial charge in [0.25, 0.3) is 0 Å². The highest BCUT2D eigenvalue weighted by atomic mass is 16.3. The molecule has 2 aliphatic rings. The molecule has 0 saturated heterocycles. The highest BCUT2D eigenvalue weighted by Crippen LogP contribution is 2.34. The van der Waals surface area contributed by atoms with Gasteiger partial charge in [0.1, 0.15) is 5.76 Å². The van der Waals surface area contributed by atoms with Gasteiger partial charge in [-0.25, -0.2) is 0 Å². The molecule has 0 aromatic heterocycles. The molecular formula is C17H16O. The first-order chi connectivity index (χ1) is 8.74. The van der Waals surface area contributed by atoms with E-state index in [1.54, 1.807) is 0 Å². The Kier molecular flexibility index (Phi) is 2.67. The summed E-state index contributed by atoms with van der Waals surface area (Å²) in [5.41, 5.74) is 6.32. The summed E-state index contributed by atoms with van der Waals surface area (Å²) in [5, 5.41) is 0. The summed E-state index contributed by atoms with van der Waals surface area (Å²) in [4.78, 5) is 0. The molecular weight excluding hydrogens is 220 g/mol. The second kappa shape index (κ2) is 4.34. The fraction of sp³-hybridized carbons (Fsp3) is 0.176. The Bertz CT molecular complexity index is 634. The first-order valence-electron chi connectivity index (χ1n) is 6.25. The topological polar surface area (TPSA) is 13.1 Å². The van der Waals surface area contributed by atoms with Gasteiger partial charge in [-0.15, -0.1) is 0 Å². The maximum absolute atomic E-state index is 5.69. The summed E-state index contributed by atoms with van der Waals surface area (Å²) in [6, 6.07) is 15.0. The highest BCUT2D eigenvalue weighted by Gasteiger charge is 2.15. The van der Waals surface area contributed by atoms with E-state index in [-0.39, 0.29) is 0 Å². The van der Waals surface area contributed by atoms with Gasteiger partial charge in [0.15, 0.2) is 0 Å². The zero-order valence-electron chi connectivity index (χ0n) is 10.7. The van der Waals surface area contributed by atoms with E-state index < -0.39 is 0 Å². The number of aryl methyl sites for hydroxylation is 2. The molecule has 1 aliphatic carbocycles. The van der Waals surface area contributed by atoms with Gasteiger partial charge in [-0.2, -0.15) is 0 Å². The van der Waals surface area contributed by atoms with E-state index in [0.717, 1.165) is 12.2 Å². The Hall–Kier alpha value is -2.02. The van der Waals surface area contributed by atoms with Gasteiger partial charge in [0.2, 0.25) is 0 Å². The average molecular weight is 236 g/mol. The molecule has 0 amide bonds. The maximum Gasteiger partial charge on any atom is 0.136 e. The molecule has 18 heavy (non-hydrogen) atoms. The van der Waals surface area contributed by atoms with Crippen LogP contribution in [0.5, 0.6) is 0 Å². The fourth-order valence-electron chi connectivity index (χ4n) is 2.45. The molecule has 0 saturated carbocycles. The summed E-state index contributed by atoms with van der Waals surface area (Å²) in [5.74, 6) is 1.02. The summed E-state index contributed by atoms with van der Waals surface area (Å²) in [7, 11) is 0. The normalized spacial score (nSPS) is 11.0. The van der Waals surface area contributed by atoms with Crippen molar-refractivity contribution in [1.29, 1.82) is 0 Å². The minimum absolute atomic E-state index is 0.962. The average Bonchev–Trinajstić information content (AvgIpc) is 2.67. The molecule has 1 heteroatoms. The lowest BCUT2D eigenvalue weighted by molar-refractivity contribution is 0.559. The molecule has 1 aromatic rings. The standard InChI is InChI=1S/C17H16O/c1-12-8-16-15(9-13(2)17(16)18-11-12)10-14-6-4-3-5-7-14/h3-9,11H,10H2,1-2H3. The van der Waals surface area contributed by atoms with Gasteiger partial charge in [0, 0.05) is 5.56 Å². The van der Waals surface area contributed by atoms with Crippen LogP contribution in [-0.4, -0.2) is 0 Å². The van der Waals surface area contributed by atoms with E-state index in [0.29, 0.717) is 0 Å². The van der Waals surface area contributed by atoms with Crippen LogP contribution in [0.3, 0.4) is 0 Å². The van der Waals surface area contributed by atoms with Gasteiger partial charge in [-0.3, -0.25) is 0 Å². The third kappa shape index (κ3) is 1.92. The minimum atomic E-state index is 0.962. The van der Waals surface area contributed by atoms with Crippen LogP contribution in [0, 0.1) is 13.8 Å². The second-order valence-electron chi connectivity index (χ2n) is 4.88. The molecule has 0 radical (unpaired) electrons. The first kappa shape index (κ1) is 11.1. The van der Waals surface area contributed by atoms with Crippen molar-refractivity contribution in [3.8, 4) is 11.3 Å². The second-order valence-corrected chi connectivity index (χ2v) is 4.88. The van der Waals surface area contributed by atoms with Crippen LogP contribution in [0.25, 0.3) is 11.3 Å². The Balaban J connectivity index is 2.05. The summed E-state index contributed by atoms with van der Waals surface area (Å²) in [6.07, 6.45) is 2.78. The van der Waals surface area contributed by atoms with E-state index in [9.17, 15) is 0 Å². The van der Waals surface area contributed by atoms with Crippen LogP contribution in [-0.2, 0) is 6.42 Å². The molecule has 0 N–H and O–H groups in total. The molecule has 0 spiro atoms. The Morgan fingerprint density at radius 2 is 1.78 bits per heavy atom. The lowest BCUT2D eigenvalue weighted by Crippen LogP contribution is -1.88. The van der Waals surface area contributed by atoms with Crippen molar-refractivity contribution in [2.24, 2.45) is 0 Å². The number of rotatable bonds is 2. The largest absolute Gasteiger partial charge is 0.464 e. The Morgan fingerprint density at radius 3 is 2.56 bits per heavy atom. The third-order valence-electron chi connectivity index (χ3n) is 3.31. The lowest BCUT2D eigenvalue weighted by atomic mass is 10.0. The van der Waals surface area contributed by atoms with E-state index >= 15 is 0 Å². The molecule has 90 valence electrons. The molecule has 1 heterocycles. The minimum Gasteiger partial charge on any atom is -0.464 e. The zero-order valence-corrected chi connectivity index (χ0v) is 10.7. The SMILES string of the molecule is Cc1coc2c(C)cc(Cc3ccccc3)c-2c1. The van der Waals surface area contributed by atoms with Crippen LogP contribution in [0.15, 0.2) is 53.1 Å². The maximum atomic E-state index is 5.69. The van der Waals surface area contributed by atoms with Crippen molar-refractivity contribution in [2.75, 3.05) is 0 Å². The van der Waals surface area contributed by atoms with Crippen LogP contribution in [0.4, 0.5) is 0 Å². The Morgan fingerprint density at radius 1 is 1.00 bits per heavy atom. The molecule has 1 aromatic carbocycles. The molecule has 0 bridgehead atoms. The van der Waals surface area contributed by atoms with Gasteiger partial charge >= 0.3 is 0 Å². The number of hydrogen-bond donors (Lipinski definition) is 0. The van der Waals surface area contributed by atoms with Crippen molar-refractivity contribution in [3.63, 3.8) is 0 Å². The summed E-state index contributed by atoms with van der Waals surface area (Å²) < 4.78 is 5.69. The lowest BCUT2D eigenvalue weighted by Gasteiger charge is -2.05. The fourth-order valence-corrected chi connectivity index (χ4v) is 2.45. The molecule has 0 unspecified atom stereocenters. The number of fused-ring (bicyclic) bond motifs is 1. The van der Waals surface area contributed by atoms with Crippen molar-refractivity contribution >= 4 is 0 Å².